The van der Waals surface area contributed by atoms with E-state index in [2.05, 4.69) is 43.2 Å². The van der Waals surface area contributed by atoms with Gasteiger partial charge in [0.15, 0.2) is 0 Å². The van der Waals surface area contributed by atoms with Crippen LogP contribution in [0.2, 0.25) is 0 Å². The fourth-order valence-electron chi connectivity index (χ4n) is 2.67. The molecule has 0 aromatic carbocycles. The number of nitrogens with one attached hydrogen (secondary N) is 1. The van der Waals surface area contributed by atoms with Crippen molar-refractivity contribution in [2.45, 2.75) is 70.3 Å². The Morgan fingerprint density at radius 3 is 1.64 bits per heavy atom. The Morgan fingerprint density at radius 2 is 1.27 bits per heavy atom. The molecule has 0 aromatic rings. The summed E-state index contributed by atoms with van der Waals surface area (Å²) < 4.78 is 0. The van der Waals surface area contributed by atoms with Crippen LogP contribution in [0.25, 0.3) is 0 Å². The molecule has 22 heavy (non-hydrogen) atoms. The second-order valence-corrected chi connectivity index (χ2v) is 7.21. The molecule has 0 unspecified atom stereocenters. The predicted octanol–water partition coefficient (Wildman–Crippen LogP) is 3.73. The summed E-state index contributed by atoms with van der Waals surface area (Å²) in [5.41, 5.74) is -0.165. The first kappa shape index (κ1) is 22.2. The lowest BCUT2D eigenvalue weighted by Gasteiger charge is -2.35. The summed E-state index contributed by atoms with van der Waals surface area (Å²) in [6.45, 7) is 1.56. The number of thiol groups is 3. The maximum atomic E-state index is 12.2. The lowest BCUT2D eigenvalue weighted by Crippen LogP contribution is -2.48. The molecule has 1 amide bonds. The molecule has 0 aliphatic rings. The number of rotatable bonds is 14. The first-order valence-corrected chi connectivity index (χ1v) is 10.0. The number of carbonyl (C=O) groups is 2. The molecule has 0 spiro atoms. The lowest BCUT2D eigenvalue weighted by atomic mass is 9.84. The fraction of sp³-hybridized carbons (Fsp3) is 0.875. The Morgan fingerprint density at radius 1 is 0.818 bits per heavy atom. The van der Waals surface area contributed by atoms with E-state index < -0.39 is 0 Å². The minimum Gasteiger partial charge on any atom is -0.351 e. The monoisotopic (exact) mass is 365 g/mol. The van der Waals surface area contributed by atoms with Crippen LogP contribution in [0, 0.1) is 0 Å². The van der Waals surface area contributed by atoms with Crippen molar-refractivity contribution in [3.63, 3.8) is 0 Å². The van der Waals surface area contributed by atoms with E-state index in [1.165, 1.54) is 0 Å². The van der Waals surface area contributed by atoms with E-state index in [1.54, 1.807) is 6.92 Å². The quantitative estimate of drug-likeness (QED) is 0.355. The molecule has 0 heterocycles. The molecule has 0 bridgehead atoms. The maximum Gasteiger partial charge on any atom is 0.220 e. The van der Waals surface area contributed by atoms with Gasteiger partial charge < -0.3 is 10.1 Å². The van der Waals surface area contributed by atoms with Crippen LogP contribution in [-0.4, -0.2) is 34.5 Å². The zero-order chi connectivity index (χ0) is 16.8. The van der Waals surface area contributed by atoms with Crippen molar-refractivity contribution in [1.82, 2.24) is 5.32 Å². The zero-order valence-corrected chi connectivity index (χ0v) is 16.3. The first-order valence-electron chi connectivity index (χ1n) is 8.12. The highest BCUT2D eigenvalue weighted by Crippen LogP contribution is 2.27. The van der Waals surface area contributed by atoms with Crippen molar-refractivity contribution in [2.24, 2.45) is 0 Å². The Balaban J connectivity index is 4.68. The van der Waals surface area contributed by atoms with Gasteiger partial charge in [-0.25, -0.2) is 0 Å². The van der Waals surface area contributed by atoms with Gasteiger partial charge in [0.2, 0.25) is 5.91 Å². The molecular formula is C16H31NO2S3. The van der Waals surface area contributed by atoms with E-state index in [4.69, 9.17) is 0 Å². The summed E-state index contributed by atoms with van der Waals surface area (Å²) in [4.78, 5) is 23.2. The average Bonchev–Trinajstić information content (AvgIpc) is 2.48. The van der Waals surface area contributed by atoms with Crippen LogP contribution < -0.4 is 5.32 Å². The van der Waals surface area contributed by atoms with Crippen LogP contribution in [-0.2, 0) is 9.59 Å². The van der Waals surface area contributed by atoms with Crippen molar-refractivity contribution in [2.75, 3.05) is 17.3 Å². The first-order chi connectivity index (χ1) is 10.5. The number of ketones is 1. The third-order valence-corrected chi connectivity index (χ3v) is 4.73. The maximum absolute atomic E-state index is 12.2. The third kappa shape index (κ3) is 10.8. The van der Waals surface area contributed by atoms with E-state index in [0.29, 0.717) is 19.3 Å². The van der Waals surface area contributed by atoms with Gasteiger partial charge in [0.05, 0.1) is 0 Å². The SMILES string of the molecule is CC(=O)CCCC(=O)NC(CCCS)(CCCS)CCCS. The van der Waals surface area contributed by atoms with Crippen LogP contribution in [0.5, 0.6) is 0 Å². The topological polar surface area (TPSA) is 46.2 Å². The highest BCUT2D eigenvalue weighted by Gasteiger charge is 2.30. The largest absolute Gasteiger partial charge is 0.351 e. The summed E-state index contributed by atoms with van der Waals surface area (Å²) in [6.07, 6.45) is 7.29. The molecule has 0 atom stereocenters. The van der Waals surface area contributed by atoms with E-state index in [1.807, 2.05) is 0 Å². The Labute approximate surface area is 152 Å². The van der Waals surface area contributed by atoms with E-state index in [0.717, 1.165) is 55.8 Å². The van der Waals surface area contributed by atoms with Crippen LogP contribution >= 0.6 is 37.9 Å². The van der Waals surface area contributed by atoms with Crippen LogP contribution in [0.3, 0.4) is 0 Å². The van der Waals surface area contributed by atoms with Gasteiger partial charge in [0.1, 0.15) is 5.78 Å². The minimum atomic E-state index is -0.165. The fourth-order valence-corrected chi connectivity index (χ4v) is 3.15. The second-order valence-electron chi connectivity index (χ2n) is 5.87. The molecule has 0 aliphatic carbocycles. The Bertz CT molecular complexity index is 303. The molecule has 130 valence electrons. The van der Waals surface area contributed by atoms with Crippen LogP contribution in [0.4, 0.5) is 0 Å². The second kappa shape index (κ2) is 13.6. The molecule has 0 saturated carbocycles. The molecule has 1 N–H and O–H groups in total. The number of hydrogen-bond donors (Lipinski definition) is 4. The van der Waals surface area contributed by atoms with Gasteiger partial charge in [0.25, 0.3) is 0 Å². The highest BCUT2D eigenvalue weighted by molar-refractivity contribution is 7.80. The van der Waals surface area contributed by atoms with Crippen molar-refractivity contribution in [1.29, 1.82) is 0 Å². The number of amides is 1. The molecule has 0 saturated heterocycles. The molecule has 0 rings (SSSR count). The summed E-state index contributed by atoms with van der Waals surface area (Å²) in [5, 5.41) is 3.26. The minimum absolute atomic E-state index is 0.0544. The predicted molar refractivity (Wildman–Crippen MR) is 105 cm³/mol. The van der Waals surface area contributed by atoms with Gasteiger partial charge in [-0.2, -0.15) is 37.9 Å². The van der Waals surface area contributed by atoms with Crippen LogP contribution in [0.1, 0.15) is 64.7 Å². The van der Waals surface area contributed by atoms with E-state index >= 15 is 0 Å². The molecule has 3 nitrogen and oxygen atoms in total. The molecule has 0 radical (unpaired) electrons. The van der Waals surface area contributed by atoms with Gasteiger partial charge in [0, 0.05) is 18.4 Å². The number of hydrogen-bond acceptors (Lipinski definition) is 5. The van der Waals surface area contributed by atoms with Crippen LogP contribution in [0.15, 0.2) is 0 Å². The van der Waals surface area contributed by atoms with Crippen molar-refractivity contribution in [3.8, 4) is 0 Å². The Kier molecular flexibility index (Phi) is 13.7. The third-order valence-electron chi connectivity index (χ3n) is 3.78. The normalized spacial score (nSPS) is 11.5. The zero-order valence-electron chi connectivity index (χ0n) is 13.6. The smallest absolute Gasteiger partial charge is 0.220 e. The van der Waals surface area contributed by atoms with Crippen molar-refractivity contribution in [3.05, 3.63) is 0 Å². The number of Topliss-reactive ketones (excluding diaryl/α,β-unsaturated/α-hetero) is 1. The summed E-state index contributed by atoms with van der Waals surface area (Å²) in [6, 6.07) is 0. The molecule has 0 fully saturated rings. The van der Waals surface area contributed by atoms with Crippen molar-refractivity contribution >= 4 is 49.6 Å². The van der Waals surface area contributed by atoms with Gasteiger partial charge in [-0.05, 0) is 69.1 Å². The highest BCUT2D eigenvalue weighted by atomic mass is 32.1. The number of carbonyl (C=O) groups excluding carboxylic acids is 2. The molecule has 0 aliphatic heterocycles. The van der Waals surface area contributed by atoms with Gasteiger partial charge in [-0.1, -0.05) is 0 Å². The average molecular weight is 366 g/mol. The molecule has 6 heteroatoms. The van der Waals surface area contributed by atoms with Gasteiger partial charge >= 0.3 is 0 Å². The summed E-state index contributed by atoms with van der Waals surface area (Å²) >= 11 is 12.9. The molecular weight excluding hydrogens is 334 g/mol. The van der Waals surface area contributed by atoms with Gasteiger partial charge in [-0.15, -0.1) is 0 Å². The molecule has 0 aromatic heterocycles. The van der Waals surface area contributed by atoms with E-state index in [-0.39, 0.29) is 17.2 Å². The standard InChI is InChI=1S/C16H31NO2S3/c1-14(18)6-2-7-15(19)17-16(8-3-11-20,9-4-12-21)10-5-13-22/h20-22H,2-13H2,1H3,(H,17,19). The Hall–Kier alpha value is 0.190. The summed E-state index contributed by atoms with van der Waals surface area (Å²) in [5.74, 6) is 2.66. The lowest BCUT2D eigenvalue weighted by molar-refractivity contribution is -0.123. The van der Waals surface area contributed by atoms with Gasteiger partial charge in [-0.3, -0.25) is 4.79 Å². The van der Waals surface area contributed by atoms with E-state index in [9.17, 15) is 9.59 Å². The summed E-state index contributed by atoms with van der Waals surface area (Å²) in [7, 11) is 0. The van der Waals surface area contributed by atoms with Crippen molar-refractivity contribution < 1.29 is 9.59 Å².